The fourth-order valence-electron chi connectivity index (χ4n) is 3.38. The summed E-state index contributed by atoms with van der Waals surface area (Å²) in [5.74, 6) is -2.30. The van der Waals surface area contributed by atoms with Gasteiger partial charge in [0.2, 0.25) is 0 Å². The van der Waals surface area contributed by atoms with Crippen LogP contribution in [0.2, 0.25) is 10.0 Å². The Kier molecular flexibility index (Phi) is 10.4. The molecule has 0 radical (unpaired) electrons. The number of carbonyl (C=O) groups is 4. The minimum atomic E-state index is -0.707. The van der Waals surface area contributed by atoms with E-state index in [9.17, 15) is 19.2 Å². The molecule has 4 aromatic carbocycles. The first-order valence-corrected chi connectivity index (χ1v) is 13.7. The predicted octanol–water partition coefficient (Wildman–Crippen LogP) is 6.07. The van der Waals surface area contributed by atoms with Crippen molar-refractivity contribution in [1.82, 2.24) is 10.7 Å². The number of halogens is 3. The van der Waals surface area contributed by atoms with Gasteiger partial charge in [0.1, 0.15) is 11.5 Å². The van der Waals surface area contributed by atoms with Gasteiger partial charge in [0, 0.05) is 31.7 Å². The third kappa shape index (κ3) is 8.74. The van der Waals surface area contributed by atoms with Crippen LogP contribution < -0.4 is 20.2 Å². The molecule has 0 unspecified atom stereocenters. The van der Waals surface area contributed by atoms with Crippen LogP contribution in [0.5, 0.6) is 11.5 Å². The number of hydrogen-bond donors (Lipinski definition) is 2. The van der Waals surface area contributed by atoms with Crippen molar-refractivity contribution in [3.63, 3.8) is 0 Å². The molecule has 2 amide bonds. The number of esters is 2. The molecule has 0 aliphatic rings. The van der Waals surface area contributed by atoms with Gasteiger partial charge in [-0.2, -0.15) is 5.10 Å². The summed E-state index contributed by atoms with van der Waals surface area (Å²) in [6.07, 6.45) is 1.24. The molecule has 0 spiro atoms. The summed E-state index contributed by atoms with van der Waals surface area (Å²) < 4.78 is 11.7. The van der Waals surface area contributed by atoms with E-state index in [4.69, 9.17) is 32.7 Å². The maximum atomic E-state index is 12.8. The van der Waals surface area contributed by atoms with Gasteiger partial charge in [-0.15, -0.1) is 0 Å². The first-order chi connectivity index (χ1) is 20.2. The smallest absolute Gasteiger partial charge is 0.343 e. The van der Waals surface area contributed by atoms with Crippen LogP contribution in [-0.4, -0.2) is 36.5 Å². The van der Waals surface area contributed by atoms with Crippen molar-refractivity contribution >= 4 is 69.1 Å². The largest absolute Gasteiger partial charge is 0.423 e. The van der Waals surface area contributed by atoms with Gasteiger partial charge in [0.25, 0.3) is 11.8 Å². The van der Waals surface area contributed by atoms with Crippen molar-refractivity contribution < 1.29 is 28.7 Å². The molecule has 42 heavy (non-hydrogen) atoms. The number of amides is 2. The van der Waals surface area contributed by atoms with E-state index in [1.807, 2.05) is 0 Å². The summed E-state index contributed by atoms with van der Waals surface area (Å²) in [6.45, 7) is -0.333. The molecular formula is C30H20BrCl2N3O6. The highest BCUT2D eigenvalue weighted by Gasteiger charge is 2.15. The van der Waals surface area contributed by atoms with Gasteiger partial charge in [0.05, 0.1) is 23.9 Å². The number of nitrogens with zero attached hydrogens (tertiary/aromatic N) is 1. The molecular weight excluding hydrogens is 649 g/mol. The molecule has 9 nitrogen and oxygen atoms in total. The Morgan fingerprint density at radius 1 is 0.762 bits per heavy atom. The fourth-order valence-corrected chi connectivity index (χ4v) is 4.03. The van der Waals surface area contributed by atoms with E-state index in [1.54, 1.807) is 36.4 Å². The van der Waals surface area contributed by atoms with Crippen LogP contribution in [0.15, 0.2) is 101 Å². The Bertz CT molecular complexity index is 1660. The number of nitrogens with one attached hydrogen (secondary N) is 2. The lowest BCUT2D eigenvalue weighted by Crippen LogP contribution is -2.34. The van der Waals surface area contributed by atoms with Crippen LogP contribution in [0, 0.1) is 0 Å². The molecule has 0 aliphatic heterocycles. The van der Waals surface area contributed by atoms with Crippen molar-refractivity contribution in [2.75, 3.05) is 6.54 Å². The van der Waals surface area contributed by atoms with Gasteiger partial charge in [-0.3, -0.25) is 9.59 Å². The zero-order valence-electron chi connectivity index (χ0n) is 21.5. The number of rotatable bonds is 9. The Morgan fingerprint density at radius 3 is 2.00 bits per heavy atom. The third-order valence-electron chi connectivity index (χ3n) is 5.45. The van der Waals surface area contributed by atoms with E-state index in [-0.39, 0.29) is 34.7 Å². The van der Waals surface area contributed by atoms with Gasteiger partial charge in [-0.25, -0.2) is 15.0 Å². The Morgan fingerprint density at radius 2 is 1.38 bits per heavy atom. The normalized spacial score (nSPS) is 10.6. The highest BCUT2D eigenvalue weighted by atomic mass is 79.9. The summed E-state index contributed by atoms with van der Waals surface area (Å²) in [4.78, 5) is 49.8. The predicted molar refractivity (Wildman–Crippen MR) is 161 cm³/mol. The lowest BCUT2D eigenvalue weighted by molar-refractivity contribution is -0.120. The third-order valence-corrected chi connectivity index (χ3v) is 6.44. The Balaban J connectivity index is 1.46. The van der Waals surface area contributed by atoms with E-state index in [1.165, 1.54) is 60.8 Å². The van der Waals surface area contributed by atoms with Gasteiger partial charge < -0.3 is 14.8 Å². The highest BCUT2D eigenvalue weighted by Crippen LogP contribution is 2.26. The average molecular weight is 669 g/mol. The topological polar surface area (TPSA) is 123 Å². The van der Waals surface area contributed by atoms with E-state index in [0.29, 0.717) is 15.6 Å². The van der Waals surface area contributed by atoms with Crippen molar-refractivity contribution in [1.29, 1.82) is 0 Å². The lowest BCUT2D eigenvalue weighted by Gasteiger charge is -2.11. The number of hydrazone groups is 1. The zero-order chi connectivity index (χ0) is 30.1. The second-order valence-electron chi connectivity index (χ2n) is 8.48. The summed E-state index contributed by atoms with van der Waals surface area (Å²) in [6, 6.07) is 23.2. The number of hydrogen-bond acceptors (Lipinski definition) is 7. The average Bonchev–Trinajstić information content (AvgIpc) is 2.97. The van der Waals surface area contributed by atoms with Gasteiger partial charge in [-0.1, -0.05) is 45.2 Å². The molecule has 0 aliphatic carbocycles. The molecule has 0 heterocycles. The molecule has 4 aromatic rings. The van der Waals surface area contributed by atoms with E-state index >= 15 is 0 Å². The van der Waals surface area contributed by atoms with Crippen LogP contribution >= 0.6 is 39.1 Å². The molecule has 0 aromatic heterocycles. The number of ether oxygens (including phenoxy) is 2. The SMILES string of the molecule is O=C(CNC(=O)c1cccc(Br)c1)NN=Cc1ccc(OC(=O)c2ccc(Cl)cc2)cc1OC(=O)c1ccc(Cl)cc1. The quantitative estimate of drug-likeness (QED) is 0.0966. The van der Waals surface area contributed by atoms with Crippen LogP contribution in [-0.2, 0) is 4.79 Å². The summed E-state index contributed by atoms with van der Waals surface area (Å²) in [7, 11) is 0. The molecule has 0 fully saturated rings. The lowest BCUT2D eigenvalue weighted by atomic mass is 10.2. The van der Waals surface area contributed by atoms with E-state index < -0.39 is 23.8 Å². The molecule has 0 bridgehead atoms. The van der Waals surface area contributed by atoms with Crippen molar-refractivity contribution in [3.05, 3.63) is 128 Å². The monoisotopic (exact) mass is 667 g/mol. The van der Waals surface area contributed by atoms with Crippen molar-refractivity contribution in [2.24, 2.45) is 5.10 Å². The van der Waals surface area contributed by atoms with E-state index in [2.05, 4.69) is 31.8 Å². The highest BCUT2D eigenvalue weighted by molar-refractivity contribution is 9.10. The Labute approximate surface area is 258 Å². The van der Waals surface area contributed by atoms with Gasteiger partial charge in [0.15, 0.2) is 0 Å². The first kappa shape index (κ1) is 30.4. The minimum Gasteiger partial charge on any atom is -0.423 e. The molecule has 0 saturated carbocycles. The second-order valence-corrected chi connectivity index (χ2v) is 10.3. The molecule has 0 atom stereocenters. The summed E-state index contributed by atoms with van der Waals surface area (Å²) in [5.41, 5.74) is 3.44. The molecule has 12 heteroatoms. The van der Waals surface area contributed by atoms with Gasteiger partial charge >= 0.3 is 11.9 Å². The minimum absolute atomic E-state index is 0.00249. The summed E-state index contributed by atoms with van der Waals surface area (Å²) >= 11 is 15.1. The number of benzene rings is 4. The van der Waals surface area contributed by atoms with E-state index in [0.717, 1.165) is 4.47 Å². The summed E-state index contributed by atoms with van der Waals surface area (Å²) in [5, 5.41) is 7.30. The second kappa shape index (κ2) is 14.4. The maximum Gasteiger partial charge on any atom is 0.343 e. The zero-order valence-corrected chi connectivity index (χ0v) is 24.6. The molecule has 4 rings (SSSR count). The van der Waals surface area contributed by atoms with Crippen molar-refractivity contribution in [2.45, 2.75) is 0 Å². The van der Waals surface area contributed by atoms with Crippen LogP contribution in [0.3, 0.4) is 0 Å². The maximum absolute atomic E-state index is 12.8. The number of carbonyl (C=O) groups excluding carboxylic acids is 4. The molecule has 212 valence electrons. The van der Waals surface area contributed by atoms with Crippen LogP contribution in [0.4, 0.5) is 0 Å². The van der Waals surface area contributed by atoms with Crippen LogP contribution in [0.1, 0.15) is 36.6 Å². The molecule has 0 saturated heterocycles. The van der Waals surface area contributed by atoms with Crippen molar-refractivity contribution in [3.8, 4) is 11.5 Å². The first-order valence-electron chi connectivity index (χ1n) is 12.1. The van der Waals surface area contributed by atoms with Crippen LogP contribution in [0.25, 0.3) is 0 Å². The standard InChI is InChI=1S/C30H20BrCl2N3O6/c31-22-3-1-2-20(14-22)28(38)34-17-27(37)36-35-16-21-8-13-25(41-29(39)18-4-9-23(32)10-5-18)15-26(21)42-30(40)19-6-11-24(33)12-7-19/h1-16H,17H2,(H,34,38)(H,36,37). The fraction of sp³-hybridized carbons (Fsp3) is 0.0333. The van der Waals surface area contributed by atoms with Gasteiger partial charge in [-0.05, 0) is 78.9 Å². The Hall–Kier alpha value is -4.51. The molecule has 2 N–H and O–H groups in total.